The fraction of sp³-hybridized carbons (Fsp3) is 0.435. The zero-order valence-electron chi connectivity index (χ0n) is 17.9. The highest BCUT2D eigenvalue weighted by Crippen LogP contribution is 2.36. The Kier molecular flexibility index (Phi) is 6.43. The first kappa shape index (κ1) is 21.6. The van der Waals surface area contributed by atoms with E-state index in [0.29, 0.717) is 23.9 Å². The van der Waals surface area contributed by atoms with Crippen LogP contribution in [0.15, 0.2) is 30.5 Å². The van der Waals surface area contributed by atoms with Crippen LogP contribution in [-0.4, -0.2) is 62.0 Å². The van der Waals surface area contributed by atoms with Gasteiger partial charge in [0.05, 0.1) is 17.5 Å². The molecule has 7 nitrogen and oxygen atoms in total. The largest absolute Gasteiger partial charge is 0.362 e. The van der Waals surface area contributed by atoms with Gasteiger partial charge in [-0.25, -0.2) is 4.98 Å². The van der Waals surface area contributed by atoms with Gasteiger partial charge in [-0.2, -0.15) is 0 Å². The normalized spacial score (nSPS) is 17.9. The molecule has 2 N–H and O–H groups in total. The number of hydrogen-bond acceptors (Lipinski definition) is 5. The zero-order valence-corrected chi connectivity index (χ0v) is 18.7. The molecule has 1 atom stereocenters. The van der Waals surface area contributed by atoms with E-state index in [1.54, 1.807) is 25.2 Å². The van der Waals surface area contributed by atoms with E-state index >= 15 is 0 Å². The van der Waals surface area contributed by atoms with Crippen molar-refractivity contribution in [1.29, 1.82) is 0 Å². The molecule has 3 heterocycles. The van der Waals surface area contributed by atoms with Crippen LogP contribution in [0.2, 0.25) is 5.02 Å². The van der Waals surface area contributed by atoms with Gasteiger partial charge < -0.3 is 20.4 Å². The number of benzene rings is 1. The van der Waals surface area contributed by atoms with Gasteiger partial charge in [0.2, 0.25) is 11.8 Å². The molecule has 0 saturated carbocycles. The maximum absolute atomic E-state index is 12.6. The fourth-order valence-corrected chi connectivity index (χ4v) is 4.33. The number of pyridine rings is 1. The third-order valence-corrected chi connectivity index (χ3v) is 6.29. The summed E-state index contributed by atoms with van der Waals surface area (Å²) in [6.07, 6.45) is 4.37. The summed E-state index contributed by atoms with van der Waals surface area (Å²) in [5.41, 5.74) is 4.02. The average Bonchev–Trinajstić information content (AvgIpc) is 3.17. The second kappa shape index (κ2) is 9.24. The number of aromatic nitrogens is 1. The summed E-state index contributed by atoms with van der Waals surface area (Å²) in [6.45, 7) is 2.82. The van der Waals surface area contributed by atoms with E-state index in [0.717, 1.165) is 49.2 Å². The van der Waals surface area contributed by atoms with Crippen molar-refractivity contribution in [2.75, 3.05) is 50.5 Å². The van der Waals surface area contributed by atoms with E-state index < -0.39 is 0 Å². The van der Waals surface area contributed by atoms with E-state index in [-0.39, 0.29) is 17.7 Å². The number of nitrogens with zero attached hydrogens (tertiary/aromatic N) is 3. The molecule has 1 aromatic carbocycles. The van der Waals surface area contributed by atoms with Crippen LogP contribution in [-0.2, 0) is 16.0 Å². The summed E-state index contributed by atoms with van der Waals surface area (Å²) in [5.74, 6) is 0.505. The third-order valence-electron chi connectivity index (χ3n) is 5.99. The number of fused-ring (bicyclic) bond motifs is 1. The Morgan fingerprint density at radius 2 is 2.16 bits per heavy atom. The first-order valence-corrected chi connectivity index (χ1v) is 11.1. The molecule has 8 heteroatoms. The summed E-state index contributed by atoms with van der Waals surface area (Å²) >= 11 is 6.47. The maximum atomic E-state index is 12.6. The van der Waals surface area contributed by atoms with Crippen molar-refractivity contribution in [1.82, 2.24) is 15.2 Å². The lowest BCUT2D eigenvalue weighted by Crippen LogP contribution is -2.37. The molecule has 4 rings (SSSR count). The molecule has 1 fully saturated rings. The molecule has 0 radical (unpaired) electrons. The number of carbonyl (C=O) groups excluding carboxylic acids is 2. The number of carbonyl (C=O) groups is 2. The zero-order chi connectivity index (χ0) is 22.0. The Balaban J connectivity index is 1.56. The quantitative estimate of drug-likeness (QED) is 0.746. The van der Waals surface area contributed by atoms with Gasteiger partial charge in [-0.3, -0.25) is 9.59 Å². The average molecular weight is 442 g/mol. The summed E-state index contributed by atoms with van der Waals surface area (Å²) in [6, 6.07) is 8.02. The summed E-state index contributed by atoms with van der Waals surface area (Å²) in [5, 5.41) is 6.72. The Bertz CT molecular complexity index is 988. The third kappa shape index (κ3) is 4.83. The molecule has 1 aromatic heterocycles. The maximum Gasteiger partial charge on any atom is 0.241 e. The Labute approximate surface area is 187 Å². The molecule has 31 heavy (non-hydrogen) atoms. The molecule has 0 bridgehead atoms. The van der Waals surface area contributed by atoms with Gasteiger partial charge in [0.25, 0.3) is 0 Å². The van der Waals surface area contributed by atoms with Crippen LogP contribution in [0.4, 0.5) is 11.5 Å². The second-order valence-corrected chi connectivity index (χ2v) is 8.79. The standard InChI is InChI=1S/C23H28ClN5O2/c1-28(2)22(30)14-29-9-7-15-5-6-16(10-20(15)29)18-11-21(26-13-19(18)24)27-23(31)17-4-3-8-25-12-17/h5-6,10-11,13,17,25H,3-4,7-9,12,14H2,1-2H3,(H,26,27,31). The number of likely N-dealkylation sites (N-methyl/N-ethyl adjacent to an activating group) is 1. The minimum atomic E-state index is -0.0440. The number of halogens is 1. The van der Waals surface area contributed by atoms with Gasteiger partial charge in [0.15, 0.2) is 0 Å². The van der Waals surface area contributed by atoms with Gasteiger partial charge in [-0.1, -0.05) is 23.7 Å². The molecule has 1 unspecified atom stereocenters. The first-order chi connectivity index (χ1) is 14.9. The summed E-state index contributed by atoms with van der Waals surface area (Å²) in [4.78, 5) is 32.8. The molecule has 2 aromatic rings. The minimum Gasteiger partial charge on any atom is -0.362 e. The van der Waals surface area contributed by atoms with Gasteiger partial charge in [0.1, 0.15) is 5.82 Å². The number of piperidine rings is 1. The molecule has 2 aliphatic rings. The number of anilines is 2. The number of rotatable bonds is 5. The summed E-state index contributed by atoms with van der Waals surface area (Å²) < 4.78 is 0. The van der Waals surface area contributed by atoms with Crippen LogP contribution < -0.4 is 15.5 Å². The first-order valence-electron chi connectivity index (χ1n) is 10.7. The van der Waals surface area contributed by atoms with Crippen LogP contribution in [0.1, 0.15) is 18.4 Å². The molecule has 0 aliphatic carbocycles. The van der Waals surface area contributed by atoms with Crippen LogP contribution in [0.25, 0.3) is 11.1 Å². The lowest BCUT2D eigenvalue weighted by Gasteiger charge is -2.22. The Morgan fingerprint density at radius 3 is 2.90 bits per heavy atom. The van der Waals surface area contributed by atoms with Crippen molar-refractivity contribution in [3.8, 4) is 11.1 Å². The van der Waals surface area contributed by atoms with Crippen LogP contribution in [0.5, 0.6) is 0 Å². The molecular weight excluding hydrogens is 414 g/mol. The van der Waals surface area contributed by atoms with Crippen LogP contribution >= 0.6 is 11.6 Å². The van der Waals surface area contributed by atoms with E-state index in [1.165, 1.54) is 5.56 Å². The monoisotopic (exact) mass is 441 g/mol. The van der Waals surface area contributed by atoms with Gasteiger partial charge in [-0.05, 0) is 49.1 Å². The predicted octanol–water partition coefficient (Wildman–Crippen LogP) is 2.79. The molecule has 164 valence electrons. The van der Waals surface area contributed by atoms with Crippen LogP contribution in [0, 0.1) is 5.92 Å². The van der Waals surface area contributed by atoms with E-state index in [1.807, 2.05) is 12.1 Å². The molecule has 2 amide bonds. The topological polar surface area (TPSA) is 77.6 Å². The Morgan fingerprint density at radius 1 is 1.32 bits per heavy atom. The van der Waals surface area contributed by atoms with Crippen LogP contribution in [0.3, 0.4) is 0 Å². The highest BCUT2D eigenvalue weighted by atomic mass is 35.5. The number of nitrogens with one attached hydrogen (secondary N) is 2. The van der Waals surface area contributed by atoms with Gasteiger partial charge in [-0.15, -0.1) is 0 Å². The molecular formula is C23H28ClN5O2. The highest BCUT2D eigenvalue weighted by molar-refractivity contribution is 6.33. The van der Waals surface area contributed by atoms with Gasteiger partial charge in [0, 0.05) is 44.6 Å². The highest BCUT2D eigenvalue weighted by Gasteiger charge is 2.24. The van der Waals surface area contributed by atoms with Crippen molar-refractivity contribution >= 4 is 34.9 Å². The second-order valence-electron chi connectivity index (χ2n) is 8.39. The van der Waals surface area contributed by atoms with Crippen molar-refractivity contribution in [3.05, 3.63) is 41.0 Å². The van der Waals surface area contributed by atoms with Crippen molar-refractivity contribution in [3.63, 3.8) is 0 Å². The fourth-order valence-electron chi connectivity index (χ4n) is 4.11. The lowest BCUT2D eigenvalue weighted by atomic mass is 9.99. The number of hydrogen-bond donors (Lipinski definition) is 2. The van der Waals surface area contributed by atoms with Crippen molar-refractivity contribution in [2.45, 2.75) is 19.3 Å². The van der Waals surface area contributed by atoms with Crippen molar-refractivity contribution in [2.24, 2.45) is 5.92 Å². The van der Waals surface area contributed by atoms with E-state index in [9.17, 15) is 9.59 Å². The predicted molar refractivity (Wildman–Crippen MR) is 124 cm³/mol. The smallest absolute Gasteiger partial charge is 0.241 e. The van der Waals surface area contributed by atoms with Crippen molar-refractivity contribution < 1.29 is 9.59 Å². The Hall–Kier alpha value is -2.64. The minimum absolute atomic E-state index is 0.0182. The molecule has 2 aliphatic heterocycles. The molecule has 0 spiro atoms. The molecule has 1 saturated heterocycles. The van der Waals surface area contributed by atoms with E-state index in [2.05, 4.69) is 32.7 Å². The SMILES string of the molecule is CN(C)C(=O)CN1CCc2ccc(-c3cc(NC(=O)C4CCCNC4)ncc3Cl)cc21. The lowest BCUT2D eigenvalue weighted by molar-refractivity contribution is -0.127. The van der Waals surface area contributed by atoms with E-state index in [4.69, 9.17) is 11.6 Å². The number of amides is 2. The van der Waals surface area contributed by atoms with Gasteiger partial charge >= 0.3 is 0 Å². The summed E-state index contributed by atoms with van der Waals surface area (Å²) in [7, 11) is 3.54.